The van der Waals surface area contributed by atoms with Gasteiger partial charge in [0.1, 0.15) is 5.75 Å². The summed E-state index contributed by atoms with van der Waals surface area (Å²) in [6, 6.07) is 7.53. The molecule has 5 heteroatoms. The standard InChI is InChI=1S/C17H18N4O/c22-14-8-6-12(7-9-14)15-10-18-16-17(20-15)21(11-19-16)13-4-2-1-3-5-13/h6-11,13,22H,1-5H2. The minimum Gasteiger partial charge on any atom is -0.508 e. The third-order valence-electron chi connectivity index (χ3n) is 4.42. The number of hydrogen-bond donors (Lipinski definition) is 1. The van der Waals surface area contributed by atoms with E-state index in [1.807, 2.05) is 18.5 Å². The lowest BCUT2D eigenvalue weighted by molar-refractivity contribution is 0.358. The summed E-state index contributed by atoms with van der Waals surface area (Å²) in [4.78, 5) is 13.6. The molecule has 1 aromatic carbocycles. The van der Waals surface area contributed by atoms with Crippen molar-refractivity contribution in [2.45, 2.75) is 38.1 Å². The van der Waals surface area contributed by atoms with Crippen molar-refractivity contribution in [1.29, 1.82) is 0 Å². The van der Waals surface area contributed by atoms with Crippen molar-refractivity contribution >= 4 is 11.3 Å². The molecule has 3 aromatic rings. The fraction of sp³-hybridized carbons (Fsp3) is 0.353. The molecule has 0 amide bonds. The van der Waals surface area contributed by atoms with Crippen LogP contribution in [-0.2, 0) is 0 Å². The predicted molar refractivity (Wildman–Crippen MR) is 84.5 cm³/mol. The van der Waals surface area contributed by atoms with Crippen LogP contribution >= 0.6 is 0 Å². The summed E-state index contributed by atoms with van der Waals surface area (Å²) < 4.78 is 2.19. The average Bonchev–Trinajstić information content (AvgIpc) is 2.99. The lowest BCUT2D eigenvalue weighted by Crippen LogP contribution is -2.12. The fourth-order valence-electron chi connectivity index (χ4n) is 3.21. The van der Waals surface area contributed by atoms with E-state index in [9.17, 15) is 5.11 Å². The van der Waals surface area contributed by atoms with Crippen molar-refractivity contribution in [1.82, 2.24) is 19.5 Å². The second-order valence-corrected chi connectivity index (χ2v) is 5.89. The van der Waals surface area contributed by atoms with Gasteiger partial charge in [0.2, 0.25) is 0 Å². The number of rotatable bonds is 2. The van der Waals surface area contributed by atoms with Crippen molar-refractivity contribution in [3.63, 3.8) is 0 Å². The zero-order valence-corrected chi connectivity index (χ0v) is 12.3. The first-order chi connectivity index (χ1) is 10.8. The van der Waals surface area contributed by atoms with Gasteiger partial charge in [-0.05, 0) is 37.1 Å². The predicted octanol–water partition coefficient (Wildman–Crippen LogP) is 3.70. The Morgan fingerprint density at radius 1 is 1.00 bits per heavy atom. The summed E-state index contributed by atoms with van der Waals surface area (Å²) in [5.41, 5.74) is 3.32. The van der Waals surface area contributed by atoms with Crippen molar-refractivity contribution in [2.24, 2.45) is 0 Å². The van der Waals surface area contributed by atoms with Gasteiger partial charge in [-0.3, -0.25) is 0 Å². The molecule has 1 fully saturated rings. The molecule has 112 valence electrons. The third kappa shape index (κ3) is 2.32. The number of phenolic OH excluding ortho intramolecular Hbond substituents is 1. The van der Waals surface area contributed by atoms with E-state index in [-0.39, 0.29) is 5.75 Å². The van der Waals surface area contributed by atoms with Gasteiger partial charge in [0.25, 0.3) is 0 Å². The van der Waals surface area contributed by atoms with E-state index >= 15 is 0 Å². The topological polar surface area (TPSA) is 63.8 Å². The molecule has 0 atom stereocenters. The van der Waals surface area contributed by atoms with E-state index in [0.717, 1.165) is 16.9 Å². The van der Waals surface area contributed by atoms with E-state index in [4.69, 9.17) is 4.98 Å². The molecule has 0 bridgehead atoms. The highest BCUT2D eigenvalue weighted by Crippen LogP contribution is 2.30. The number of aromatic nitrogens is 4. The summed E-state index contributed by atoms with van der Waals surface area (Å²) in [6.07, 6.45) is 9.87. The lowest BCUT2D eigenvalue weighted by Gasteiger charge is -2.23. The van der Waals surface area contributed by atoms with Crippen LogP contribution in [0.25, 0.3) is 22.6 Å². The normalized spacial score (nSPS) is 16.2. The molecule has 2 aromatic heterocycles. The second kappa shape index (κ2) is 5.40. The summed E-state index contributed by atoms with van der Waals surface area (Å²) in [5, 5.41) is 9.41. The molecule has 1 N–H and O–H groups in total. The van der Waals surface area contributed by atoms with Gasteiger partial charge in [0.15, 0.2) is 11.3 Å². The minimum atomic E-state index is 0.255. The number of nitrogens with zero attached hydrogens (tertiary/aromatic N) is 4. The van der Waals surface area contributed by atoms with Gasteiger partial charge in [0, 0.05) is 11.6 Å². The Morgan fingerprint density at radius 2 is 1.77 bits per heavy atom. The Hall–Kier alpha value is -2.43. The third-order valence-corrected chi connectivity index (χ3v) is 4.42. The highest BCUT2D eigenvalue weighted by atomic mass is 16.3. The summed E-state index contributed by atoms with van der Waals surface area (Å²) >= 11 is 0. The van der Waals surface area contributed by atoms with E-state index in [2.05, 4.69) is 14.5 Å². The molecular weight excluding hydrogens is 276 g/mol. The van der Waals surface area contributed by atoms with Crippen LogP contribution in [0, 0.1) is 0 Å². The molecule has 2 heterocycles. The molecule has 1 saturated carbocycles. The van der Waals surface area contributed by atoms with Crippen LogP contribution in [0.2, 0.25) is 0 Å². The molecule has 0 unspecified atom stereocenters. The quantitative estimate of drug-likeness (QED) is 0.782. The van der Waals surface area contributed by atoms with Crippen LogP contribution in [0.4, 0.5) is 0 Å². The number of fused-ring (bicyclic) bond motifs is 1. The van der Waals surface area contributed by atoms with E-state index in [0.29, 0.717) is 11.7 Å². The number of benzene rings is 1. The average molecular weight is 294 g/mol. The first-order valence-corrected chi connectivity index (χ1v) is 7.80. The fourth-order valence-corrected chi connectivity index (χ4v) is 3.21. The second-order valence-electron chi connectivity index (χ2n) is 5.89. The zero-order valence-electron chi connectivity index (χ0n) is 12.3. The van der Waals surface area contributed by atoms with Gasteiger partial charge >= 0.3 is 0 Å². The Labute approximate surface area is 128 Å². The van der Waals surface area contributed by atoms with Crippen LogP contribution in [0.5, 0.6) is 5.75 Å². The molecule has 0 saturated heterocycles. The van der Waals surface area contributed by atoms with Gasteiger partial charge < -0.3 is 9.67 Å². The highest BCUT2D eigenvalue weighted by Gasteiger charge is 2.18. The SMILES string of the molecule is Oc1ccc(-c2cnc3ncn(C4CCCCC4)c3n2)cc1. The van der Waals surface area contributed by atoms with Crippen LogP contribution in [0.15, 0.2) is 36.8 Å². The molecule has 4 rings (SSSR count). The molecule has 5 nitrogen and oxygen atoms in total. The molecule has 22 heavy (non-hydrogen) atoms. The smallest absolute Gasteiger partial charge is 0.197 e. The number of imidazole rings is 1. The summed E-state index contributed by atoms with van der Waals surface area (Å²) in [5.74, 6) is 0.255. The highest BCUT2D eigenvalue weighted by molar-refractivity contribution is 5.71. The summed E-state index contributed by atoms with van der Waals surface area (Å²) in [6.45, 7) is 0. The van der Waals surface area contributed by atoms with Crippen LogP contribution in [0.1, 0.15) is 38.1 Å². The van der Waals surface area contributed by atoms with Crippen LogP contribution in [-0.4, -0.2) is 24.6 Å². The van der Waals surface area contributed by atoms with Gasteiger partial charge in [-0.15, -0.1) is 0 Å². The minimum absolute atomic E-state index is 0.255. The van der Waals surface area contributed by atoms with Crippen molar-refractivity contribution in [3.05, 3.63) is 36.8 Å². The first-order valence-electron chi connectivity index (χ1n) is 7.80. The Bertz CT molecular complexity index is 788. The van der Waals surface area contributed by atoms with Crippen LogP contribution < -0.4 is 0 Å². The van der Waals surface area contributed by atoms with Gasteiger partial charge in [0.05, 0.1) is 18.2 Å². The Balaban J connectivity index is 1.77. The van der Waals surface area contributed by atoms with E-state index < -0.39 is 0 Å². The maximum absolute atomic E-state index is 9.41. The molecule has 0 aliphatic heterocycles. The van der Waals surface area contributed by atoms with E-state index in [1.165, 1.54) is 32.1 Å². The first kappa shape index (κ1) is 13.2. The van der Waals surface area contributed by atoms with Gasteiger partial charge in [-0.2, -0.15) is 0 Å². The number of aromatic hydroxyl groups is 1. The zero-order chi connectivity index (χ0) is 14.9. The van der Waals surface area contributed by atoms with E-state index in [1.54, 1.807) is 18.3 Å². The molecule has 1 aliphatic rings. The molecule has 0 spiro atoms. The van der Waals surface area contributed by atoms with Gasteiger partial charge in [-0.25, -0.2) is 15.0 Å². The number of phenols is 1. The van der Waals surface area contributed by atoms with Crippen molar-refractivity contribution < 1.29 is 5.11 Å². The molecule has 0 radical (unpaired) electrons. The van der Waals surface area contributed by atoms with Crippen molar-refractivity contribution in [2.75, 3.05) is 0 Å². The monoisotopic (exact) mass is 294 g/mol. The summed E-state index contributed by atoms with van der Waals surface area (Å²) in [7, 11) is 0. The lowest BCUT2D eigenvalue weighted by atomic mass is 9.95. The van der Waals surface area contributed by atoms with Crippen molar-refractivity contribution in [3.8, 4) is 17.0 Å². The van der Waals surface area contributed by atoms with Crippen LogP contribution in [0.3, 0.4) is 0 Å². The van der Waals surface area contributed by atoms with Gasteiger partial charge in [-0.1, -0.05) is 19.3 Å². The molecule has 1 aliphatic carbocycles. The Kier molecular flexibility index (Phi) is 3.25. The Morgan fingerprint density at radius 3 is 2.55 bits per heavy atom. The maximum Gasteiger partial charge on any atom is 0.197 e. The number of hydrogen-bond acceptors (Lipinski definition) is 4. The maximum atomic E-state index is 9.41. The molecular formula is C17H18N4O. The largest absolute Gasteiger partial charge is 0.508 e.